The van der Waals surface area contributed by atoms with Gasteiger partial charge in [0.25, 0.3) is 0 Å². The Balaban J connectivity index is 1.92. The number of hydrogen-bond acceptors (Lipinski definition) is 3. The minimum Gasteiger partial charge on any atom is -0.374 e. The maximum Gasteiger partial charge on any atom is 0.246 e. The topological polar surface area (TPSA) is 70.2 Å². The van der Waals surface area contributed by atoms with Crippen LogP contribution in [-0.4, -0.2) is 17.9 Å². The first-order valence-electron chi connectivity index (χ1n) is 7.14. The van der Waals surface area contributed by atoms with Crippen molar-refractivity contribution in [3.05, 3.63) is 54.3 Å². The lowest BCUT2D eigenvalue weighted by Crippen LogP contribution is -2.31. The molecule has 2 rings (SSSR count). The summed E-state index contributed by atoms with van der Waals surface area (Å²) < 4.78 is 12.8. The van der Waals surface area contributed by atoms with E-state index in [-0.39, 0.29) is 17.6 Å². The standard InChI is InChI=1S/C17H18FN3O2/c1-11(17(23)21-16-5-3-13(18)4-6-16)19-14-7-9-15(10-8-14)20-12(2)22/h3-11,19H,1-2H3,(H,20,22)(H,21,23)/t11-/m1/s1. The predicted octanol–water partition coefficient (Wildman–Crippen LogP) is 3.22. The average Bonchev–Trinajstić information content (AvgIpc) is 2.51. The van der Waals surface area contributed by atoms with Gasteiger partial charge in [-0.15, -0.1) is 0 Å². The minimum atomic E-state index is -0.480. The Morgan fingerprint density at radius 3 is 1.91 bits per heavy atom. The Bertz CT molecular complexity index is 684. The van der Waals surface area contributed by atoms with Crippen LogP contribution in [0.3, 0.4) is 0 Å². The Morgan fingerprint density at radius 2 is 1.35 bits per heavy atom. The molecule has 0 heterocycles. The molecule has 6 heteroatoms. The third-order valence-corrected chi connectivity index (χ3v) is 3.09. The van der Waals surface area contributed by atoms with Gasteiger partial charge in [-0.2, -0.15) is 0 Å². The summed E-state index contributed by atoms with van der Waals surface area (Å²) >= 11 is 0. The monoisotopic (exact) mass is 315 g/mol. The summed E-state index contributed by atoms with van der Waals surface area (Å²) in [6.07, 6.45) is 0. The first kappa shape index (κ1) is 16.5. The molecule has 0 unspecified atom stereocenters. The highest BCUT2D eigenvalue weighted by Crippen LogP contribution is 2.15. The van der Waals surface area contributed by atoms with E-state index in [4.69, 9.17) is 0 Å². The molecule has 5 nitrogen and oxygen atoms in total. The molecule has 23 heavy (non-hydrogen) atoms. The van der Waals surface area contributed by atoms with Crippen LogP contribution in [0.15, 0.2) is 48.5 Å². The summed E-state index contributed by atoms with van der Waals surface area (Å²) in [6.45, 7) is 3.16. The van der Waals surface area contributed by atoms with E-state index >= 15 is 0 Å². The quantitative estimate of drug-likeness (QED) is 0.793. The van der Waals surface area contributed by atoms with Crippen molar-refractivity contribution in [1.29, 1.82) is 0 Å². The van der Waals surface area contributed by atoms with E-state index in [1.54, 1.807) is 31.2 Å². The molecular formula is C17H18FN3O2. The molecule has 0 aliphatic heterocycles. The van der Waals surface area contributed by atoms with Crippen molar-refractivity contribution >= 4 is 28.9 Å². The zero-order valence-corrected chi connectivity index (χ0v) is 12.9. The second-order valence-corrected chi connectivity index (χ2v) is 5.12. The molecule has 0 aromatic heterocycles. The van der Waals surface area contributed by atoms with E-state index in [9.17, 15) is 14.0 Å². The Kier molecular flexibility index (Phi) is 5.30. The van der Waals surface area contributed by atoms with Crippen LogP contribution in [0.1, 0.15) is 13.8 Å². The SMILES string of the molecule is CC(=O)Nc1ccc(N[C@H](C)C(=O)Nc2ccc(F)cc2)cc1. The highest BCUT2D eigenvalue weighted by atomic mass is 19.1. The number of halogens is 1. The molecule has 2 amide bonds. The first-order chi connectivity index (χ1) is 10.9. The van der Waals surface area contributed by atoms with Gasteiger partial charge < -0.3 is 16.0 Å². The fraction of sp³-hybridized carbons (Fsp3) is 0.176. The molecule has 0 radical (unpaired) electrons. The zero-order valence-electron chi connectivity index (χ0n) is 12.9. The number of rotatable bonds is 5. The maximum atomic E-state index is 12.8. The lowest BCUT2D eigenvalue weighted by atomic mass is 10.2. The normalized spacial score (nSPS) is 11.4. The lowest BCUT2D eigenvalue weighted by molar-refractivity contribution is -0.116. The van der Waals surface area contributed by atoms with E-state index in [1.165, 1.54) is 31.2 Å². The van der Waals surface area contributed by atoms with E-state index in [1.807, 2.05) is 0 Å². The van der Waals surface area contributed by atoms with Gasteiger partial charge in [0.1, 0.15) is 11.9 Å². The van der Waals surface area contributed by atoms with E-state index in [0.717, 1.165) is 5.69 Å². The summed E-state index contributed by atoms with van der Waals surface area (Å²) in [5, 5.41) is 8.43. The lowest BCUT2D eigenvalue weighted by Gasteiger charge is -2.15. The van der Waals surface area contributed by atoms with Gasteiger partial charge in [-0.3, -0.25) is 9.59 Å². The van der Waals surface area contributed by atoms with Crippen LogP contribution in [0.2, 0.25) is 0 Å². The van der Waals surface area contributed by atoms with Crippen LogP contribution in [0.25, 0.3) is 0 Å². The third kappa shape index (κ3) is 5.10. The number of carbonyl (C=O) groups is 2. The molecule has 3 N–H and O–H groups in total. The molecule has 1 atom stereocenters. The number of amides is 2. The number of hydrogen-bond donors (Lipinski definition) is 3. The first-order valence-corrected chi connectivity index (χ1v) is 7.14. The van der Waals surface area contributed by atoms with Crippen molar-refractivity contribution in [3.63, 3.8) is 0 Å². The van der Waals surface area contributed by atoms with Gasteiger partial charge in [0.05, 0.1) is 0 Å². The smallest absolute Gasteiger partial charge is 0.246 e. The van der Waals surface area contributed by atoms with Crippen molar-refractivity contribution in [2.75, 3.05) is 16.0 Å². The second-order valence-electron chi connectivity index (χ2n) is 5.12. The van der Waals surface area contributed by atoms with Crippen molar-refractivity contribution < 1.29 is 14.0 Å². The maximum absolute atomic E-state index is 12.8. The number of carbonyl (C=O) groups excluding carboxylic acids is 2. The molecule has 0 saturated carbocycles. The molecule has 0 spiro atoms. The molecule has 2 aromatic carbocycles. The van der Waals surface area contributed by atoms with Gasteiger partial charge in [-0.05, 0) is 55.5 Å². The van der Waals surface area contributed by atoms with E-state index in [2.05, 4.69) is 16.0 Å². The largest absolute Gasteiger partial charge is 0.374 e. The van der Waals surface area contributed by atoms with Gasteiger partial charge >= 0.3 is 0 Å². The molecule has 0 bridgehead atoms. The fourth-order valence-corrected chi connectivity index (χ4v) is 1.95. The Labute approximate surface area is 133 Å². The molecular weight excluding hydrogens is 297 g/mol. The van der Waals surface area contributed by atoms with Gasteiger partial charge in [0.15, 0.2) is 0 Å². The fourth-order valence-electron chi connectivity index (χ4n) is 1.95. The van der Waals surface area contributed by atoms with Crippen molar-refractivity contribution in [1.82, 2.24) is 0 Å². The Hall–Kier alpha value is -2.89. The Morgan fingerprint density at radius 1 is 0.870 bits per heavy atom. The summed E-state index contributed by atoms with van der Waals surface area (Å²) in [5.41, 5.74) is 1.97. The van der Waals surface area contributed by atoms with Crippen LogP contribution >= 0.6 is 0 Å². The van der Waals surface area contributed by atoms with Crippen LogP contribution in [0.5, 0.6) is 0 Å². The van der Waals surface area contributed by atoms with Crippen LogP contribution in [0, 0.1) is 5.82 Å². The van der Waals surface area contributed by atoms with Crippen molar-refractivity contribution in [3.8, 4) is 0 Å². The summed E-state index contributed by atoms with van der Waals surface area (Å²) in [6, 6.07) is 12.1. The third-order valence-electron chi connectivity index (χ3n) is 3.09. The van der Waals surface area contributed by atoms with Gasteiger partial charge in [-0.25, -0.2) is 4.39 Å². The van der Waals surface area contributed by atoms with Crippen molar-refractivity contribution in [2.24, 2.45) is 0 Å². The molecule has 120 valence electrons. The summed E-state index contributed by atoms with van der Waals surface area (Å²) in [7, 11) is 0. The van der Waals surface area contributed by atoms with Gasteiger partial charge in [0, 0.05) is 24.0 Å². The van der Waals surface area contributed by atoms with E-state index in [0.29, 0.717) is 11.4 Å². The molecule has 0 aliphatic carbocycles. The van der Waals surface area contributed by atoms with Crippen molar-refractivity contribution in [2.45, 2.75) is 19.9 Å². The minimum absolute atomic E-state index is 0.141. The van der Waals surface area contributed by atoms with Crippen LogP contribution in [-0.2, 0) is 9.59 Å². The van der Waals surface area contributed by atoms with Crippen LogP contribution in [0.4, 0.5) is 21.5 Å². The van der Waals surface area contributed by atoms with Gasteiger partial charge in [0.2, 0.25) is 11.8 Å². The number of nitrogens with one attached hydrogen (secondary N) is 3. The number of anilines is 3. The summed E-state index contributed by atoms with van der Waals surface area (Å²) in [4.78, 5) is 23.0. The molecule has 0 aliphatic rings. The second kappa shape index (κ2) is 7.40. The highest BCUT2D eigenvalue weighted by Gasteiger charge is 2.12. The number of benzene rings is 2. The predicted molar refractivity (Wildman–Crippen MR) is 88.9 cm³/mol. The molecule has 0 saturated heterocycles. The van der Waals surface area contributed by atoms with Gasteiger partial charge in [-0.1, -0.05) is 0 Å². The zero-order chi connectivity index (χ0) is 16.8. The average molecular weight is 315 g/mol. The highest BCUT2D eigenvalue weighted by molar-refractivity contribution is 5.96. The summed E-state index contributed by atoms with van der Waals surface area (Å²) in [5.74, 6) is -0.728. The molecule has 2 aromatic rings. The molecule has 0 fully saturated rings. The van der Waals surface area contributed by atoms with E-state index < -0.39 is 6.04 Å². The van der Waals surface area contributed by atoms with Crippen LogP contribution < -0.4 is 16.0 Å².